The highest BCUT2D eigenvalue weighted by Gasteiger charge is 2.25. The van der Waals surface area contributed by atoms with E-state index in [4.69, 9.17) is 5.11 Å². The lowest BCUT2D eigenvalue weighted by Gasteiger charge is -2.19. The van der Waals surface area contributed by atoms with E-state index in [1.807, 2.05) is 0 Å². The van der Waals surface area contributed by atoms with Crippen molar-refractivity contribution < 1.29 is 24.6 Å². The Hall–Kier alpha value is -4.14. The first-order valence-corrected chi connectivity index (χ1v) is 9.41. The largest absolute Gasteiger partial charge is 0.506 e. The first kappa shape index (κ1) is 21.6. The van der Waals surface area contributed by atoms with Crippen LogP contribution in [0.4, 0.5) is 11.4 Å². The van der Waals surface area contributed by atoms with Crippen molar-refractivity contribution in [3.63, 3.8) is 0 Å². The number of carboxylic acid groups (broad SMARTS) is 1. The summed E-state index contributed by atoms with van der Waals surface area (Å²) in [4.78, 5) is 49.7. The summed E-state index contributed by atoms with van der Waals surface area (Å²) < 4.78 is 1.25. The first-order valence-electron chi connectivity index (χ1n) is 9.41. The molecule has 1 aromatic heterocycles. The summed E-state index contributed by atoms with van der Waals surface area (Å²) in [7, 11) is 2.98. The number of hydrogen-bond donors (Lipinski definition) is 3. The zero-order chi connectivity index (χ0) is 22.7. The van der Waals surface area contributed by atoms with Gasteiger partial charge in [0.2, 0.25) is 5.91 Å². The molecule has 3 aromatic rings. The topological polar surface area (TPSA) is 129 Å². The molecule has 0 fully saturated rings. The van der Waals surface area contributed by atoms with E-state index in [-0.39, 0.29) is 18.2 Å². The molecule has 1 heterocycles. The number of amides is 2. The zero-order valence-corrected chi connectivity index (χ0v) is 17.0. The van der Waals surface area contributed by atoms with Crippen LogP contribution in [0.15, 0.2) is 53.3 Å². The Morgan fingerprint density at radius 2 is 1.74 bits per heavy atom. The minimum Gasteiger partial charge on any atom is -0.506 e. The van der Waals surface area contributed by atoms with E-state index in [2.05, 4.69) is 5.32 Å². The predicted molar refractivity (Wildman–Crippen MR) is 116 cm³/mol. The fourth-order valence-corrected chi connectivity index (χ4v) is 3.18. The minimum atomic E-state index is -1.09. The van der Waals surface area contributed by atoms with E-state index < -0.39 is 34.7 Å². The van der Waals surface area contributed by atoms with E-state index in [1.165, 1.54) is 41.8 Å². The number of carbonyl (C=O) groups excluding carboxylic acids is 2. The molecule has 0 spiro atoms. The molecule has 0 unspecified atom stereocenters. The third kappa shape index (κ3) is 4.40. The van der Waals surface area contributed by atoms with Gasteiger partial charge < -0.3 is 25.0 Å². The van der Waals surface area contributed by atoms with Crippen molar-refractivity contribution in [2.45, 2.75) is 12.8 Å². The lowest BCUT2D eigenvalue weighted by atomic mass is 10.1. The molecular formula is C22H21N3O6. The van der Waals surface area contributed by atoms with Crippen molar-refractivity contribution in [2.75, 3.05) is 17.3 Å². The number of nitrogens with zero attached hydrogens (tertiary/aromatic N) is 2. The number of carbonyl (C=O) groups is 3. The van der Waals surface area contributed by atoms with Gasteiger partial charge in [-0.25, -0.2) is 0 Å². The highest BCUT2D eigenvalue weighted by Crippen LogP contribution is 2.30. The number of para-hydroxylation sites is 1. The molecule has 0 aliphatic rings. The molecule has 9 heteroatoms. The van der Waals surface area contributed by atoms with Gasteiger partial charge in [-0.05, 0) is 30.3 Å². The van der Waals surface area contributed by atoms with Crippen molar-refractivity contribution >= 4 is 40.1 Å². The molecule has 160 valence electrons. The molecule has 0 radical (unpaired) electrons. The summed E-state index contributed by atoms with van der Waals surface area (Å²) in [5, 5.41) is 22.2. The average molecular weight is 423 g/mol. The van der Waals surface area contributed by atoms with Gasteiger partial charge in [0.15, 0.2) is 0 Å². The Morgan fingerprint density at radius 1 is 1.06 bits per heavy atom. The van der Waals surface area contributed by atoms with Crippen LogP contribution in [0.5, 0.6) is 5.75 Å². The number of hydrogen-bond acceptors (Lipinski definition) is 5. The second-order valence-electron chi connectivity index (χ2n) is 6.96. The smallest absolute Gasteiger partial charge is 0.303 e. The highest BCUT2D eigenvalue weighted by atomic mass is 16.4. The van der Waals surface area contributed by atoms with Gasteiger partial charge in [-0.15, -0.1) is 0 Å². The number of pyridine rings is 1. The Morgan fingerprint density at radius 3 is 2.39 bits per heavy atom. The summed E-state index contributed by atoms with van der Waals surface area (Å²) >= 11 is 0. The van der Waals surface area contributed by atoms with Gasteiger partial charge in [-0.1, -0.05) is 18.2 Å². The summed E-state index contributed by atoms with van der Waals surface area (Å²) in [5.74, 6) is -2.77. The molecule has 0 aliphatic carbocycles. The van der Waals surface area contributed by atoms with E-state index in [1.54, 1.807) is 30.3 Å². The highest BCUT2D eigenvalue weighted by molar-refractivity contribution is 6.10. The monoisotopic (exact) mass is 423 g/mol. The van der Waals surface area contributed by atoms with Crippen LogP contribution in [0, 0.1) is 0 Å². The molecule has 0 bridgehead atoms. The van der Waals surface area contributed by atoms with Gasteiger partial charge in [-0.2, -0.15) is 0 Å². The maximum atomic E-state index is 13.0. The fourth-order valence-electron chi connectivity index (χ4n) is 3.18. The van der Waals surface area contributed by atoms with Crippen LogP contribution in [-0.4, -0.2) is 39.6 Å². The quantitative estimate of drug-likeness (QED) is 0.558. The van der Waals surface area contributed by atoms with E-state index >= 15 is 0 Å². The average Bonchev–Trinajstić information content (AvgIpc) is 2.76. The van der Waals surface area contributed by atoms with Gasteiger partial charge in [0, 0.05) is 37.3 Å². The lowest BCUT2D eigenvalue weighted by molar-refractivity contribution is -0.138. The first-order chi connectivity index (χ1) is 14.7. The number of anilines is 2. The lowest BCUT2D eigenvalue weighted by Crippen LogP contribution is -2.34. The van der Waals surface area contributed by atoms with Gasteiger partial charge in [0.25, 0.3) is 11.5 Å². The van der Waals surface area contributed by atoms with Crippen LogP contribution in [0.1, 0.15) is 23.2 Å². The zero-order valence-electron chi connectivity index (χ0n) is 17.0. The fraction of sp³-hybridized carbons (Fsp3) is 0.182. The molecule has 31 heavy (non-hydrogen) atoms. The van der Waals surface area contributed by atoms with Crippen molar-refractivity contribution in [1.82, 2.24) is 4.57 Å². The van der Waals surface area contributed by atoms with Gasteiger partial charge in [-0.3, -0.25) is 19.2 Å². The summed E-state index contributed by atoms with van der Waals surface area (Å²) in [6, 6.07) is 13.2. The normalized spacial score (nSPS) is 10.6. The third-order valence-corrected chi connectivity index (χ3v) is 4.88. The molecule has 0 saturated carbocycles. The Balaban J connectivity index is 2.03. The van der Waals surface area contributed by atoms with Gasteiger partial charge in [0.05, 0.1) is 11.9 Å². The van der Waals surface area contributed by atoms with Crippen molar-refractivity contribution in [2.24, 2.45) is 7.05 Å². The van der Waals surface area contributed by atoms with E-state index in [0.29, 0.717) is 16.9 Å². The van der Waals surface area contributed by atoms with Crippen molar-refractivity contribution in [3.05, 3.63) is 64.4 Å². The maximum absolute atomic E-state index is 13.0. The number of rotatable bonds is 6. The van der Waals surface area contributed by atoms with Crippen molar-refractivity contribution in [3.8, 4) is 5.75 Å². The summed E-state index contributed by atoms with van der Waals surface area (Å²) in [5.41, 5.74) is 0.164. The van der Waals surface area contributed by atoms with Crippen LogP contribution >= 0.6 is 0 Å². The minimum absolute atomic E-state index is 0.197. The molecule has 3 rings (SSSR count). The summed E-state index contributed by atoms with van der Waals surface area (Å²) in [6.07, 6.45) is -0.526. The molecule has 0 saturated heterocycles. The molecule has 9 nitrogen and oxygen atoms in total. The number of carboxylic acids is 1. The van der Waals surface area contributed by atoms with E-state index in [9.17, 15) is 24.3 Å². The number of aromatic hydroxyl groups is 1. The molecule has 3 N–H and O–H groups in total. The van der Waals surface area contributed by atoms with Gasteiger partial charge in [0.1, 0.15) is 11.3 Å². The molecule has 0 atom stereocenters. The van der Waals surface area contributed by atoms with Crippen LogP contribution in [0.3, 0.4) is 0 Å². The SMILES string of the molecule is CN(C(=O)c1c(O)c2cc(NC(=O)CCC(=O)O)ccc2n(C)c1=O)c1ccccc1. The van der Waals surface area contributed by atoms with Crippen LogP contribution in [0.2, 0.25) is 0 Å². The molecule has 0 aliphatic heterocycles. The second kappa shape index (κ2) is 8.70. The second-order valence-corrected chi connectivity index (χ2v) is 6.96. The number of aromatic nitrogens is 1. The van der Waals surface area contributed by atoms with Gasteiger partial charge >= 0.3 is 5.97 Å². The Kier molecular flexibility index (Phi) is 6.05. The Labute approximate surface area is 177 Å². The van der Waals surface area contributed by atoms with Crippen LogP contribution in [-0.2, 0) is 16.6 Å². The standard InChI is InChI=1S/C22H21N3O6/c1-24(14-6-4-3-5-7-14)21(30)19-20(29)15-12-13(23-17(26)10-11-18(27)28)8-9-16(15)25(2)22(19)31/h3-9,12,29H,10-11H2,1-2H3,(H,23,26)(H,27,28). The number of nitrogens with one attached hydrogen (secondary N) is 1. The Bertz CT molecular complexity index is 1230. The molecule has 2 amide bonds. The number of aliphatic carboxylic acids is 1. The third-order valence-electron chi connectivity index (χ3n) is 4.88. The molecule has 2 aromatic carbocycles. The number of aryl methyl sites for hydroxylation is 1. The number of benzene rings is 2. The van der Waals surface area contributed by atoms with Crippen molar-refractivity contribution in [1.29, 1.82) is 0 Å². The van der Waals surface area contributed by atoms with Crippen LogP contribution in [0.25, 0.3) is 10.9 Å². The maximum Gasteiger partial charge on any atom is 0.303 e. The predicted octanol–water partition coefficient (Wildman–Crippen LogP) is 2.32. The van der Waals surface area contributed by atoms with Crippen LogP contribution < -0.4 is 15.8 Å². The number of fused-ring (bicyclic) bond motifs is 1. The summed E-state index contributed by atoms with van der Waals surface area (Å²) in [6.45, 7) is 0. The van der Waals surface area contributed by atoms with E-state index in [0.717, 1.165) is 0 Å². The molecular weight excluding hydrogens is 402 g/mol.